The molecule has 1 fully saturated rings. The zero-order chi connectivity index (χ0) is 17.3. The molecule has 24 heavy (non-hydrogen) atoms. The van der Waals surface area contributed by atoms with Gasteiger partial charge in [0, 0.05) is 38.2 Å². The molecule has 1 aliphatic carbocycles. The van der Waals surface area contributed by atoms with Crippen molar-refractivity contribution in [2.24, 2.45) is 10.4 Å². The Bertz CT molecular complexity index is 512. The summed E-state index contributed by atoms with van der Waals surface area (Å²) < 4.78 is 6.44. The van der Waals surface area contributed by atoms with Crippen molar-refractivity contribution < 1.29 is 4.74 Å². The van der Waals surface area contributed by atoms with Gasteiger partial charge in [-0.3, -0.25) is 4.99 Å². The third-order valence-corrected chi connectivity index (χ3v) is 6.08. The highest BCUT2D eigenvalue weighted by molar-refractivity contribution is 7.16. The molecule has 1 aliphatic rings. The zero-order valence-electron chi connectivity index (χ0n) is 14.9. The Morgan fingerprint density at radius 3 is 2.75 bits per heavy atom. The molecule has 0 aliphatic heterocycles. The van der Waals surface area contributed by atoms with Crippen molar-refractivity contribution in [1.82, 2.24) is 10.6 Å². The van der Waals surface area contributed by atoms with Gasteiger partial charge in [0.1, 0.15) is 0 Å². The number of halogens is 1. The van der Waals surface area contributed by atoms with Gasteiger partial charge < -0.3 is 15.4 Å². The van der Waals surface area contributed by atoms with Crippen molar-refractivity contribution in [3.05, 3.63) is 21.3 Å². The third kappa shape index (κ3) is 6.26. The Morgan fingerprint density at radius 2 is 2.12 bits per heavy atom. The van der Waals surface area contributed by atoms with Crippen LogP contribution in [0.15, 0.2) is 17.1 Å². The first-order valence-electron chi connectivity index (χ1n) is 8.94. The zero-order valence-corrected chi connectivity index (χ0v) is 16.4. The summed E-state index contributed by atoms with van der Waals surface area (Å²) in [6.07, 6.45) is 7.35. The van der Waals surface area contributed by atoms with Gasteiger partial charge in [0.05, 0.1) is 4.34 Å². The third-order valence-electron chi connectivity index (χ3n) is 4.79. The van der Waals surface area contributed by atoms with E-state index in [0.717, 1.165) is 49.4 Å². The summed E-state index contributed by atoms with van der Waals surface area (Å²) in [6, 6.07) is 4.04. The molecular weight excluding hydrogens is 342 g/mol. The standard InChI is InChI=1S/C18H30ClN3OS/c1-3-23-13-11-18(9-4-5-10-18)14-22-17(20-2)21-12-8-15-6-7-16(19)24-15/h6-7H,3-5,8-14H2,1-2H3,(H2,20,21,22). The van der Waals surface area contributed by atoms with Crippen molar-refractivity contribution in [3.8, 4) is 0 Å². The molecule has 0 saturated heterocycles. The van der Waals surface area contributed by atoms with Crippen molar-refractivity contribution >= 4 is 28.9 Å². The van der Waals surface area contributed by atoms with Gasteiger partial charge in [-0.15, -0.1) is 11.3 Å². The molecule has 1 aromatic rings. The highest BCUT2D eigenvalue weighted by Gasteiger charge is 2.33. The lowest BCUT2D eigenvalue weighted by molar-refractivity contribution is 0.105. The Labute approximate surface area is 155 Å². The minimum Gasteiger partial charge on any atom is -0.382 e. The van der Waals surface area contributed by atoms with Crippen LogP contribution in [-0.4, -0.2) is 39.3 Å². The van der Waals surface area contributed by atoms with Crippen molar-refractivity contribution in [3.63, 3.8) is 0 Å². The van der Waals surface area contributed by atoms with Crippen molar-refractivity contribution in [2.45, 2.75) is 45.4 Å². The lowest BCUT2D eigenvalue weighted by Crippen LogP contribution is -2.43. The number of thiophene rings is 1. The first-order chi connectivity index (χ1) is 11.7. The summed E-state index contributed by atoms with van der Waals surface area (Å²) >= 11 is 7.61. The Balaban J connectivity index is 1.74. The number of aliphatic imine (C=N–C) groups is 1. The molecule has 4 nitrogen and oxygen atoms in total. The molecular formula is C18H30ClN3OS. The number of hydrogen-bond acceptors (Lipinski definition) is 3. The summed E-state index contributed by atoms with van der Waals surface area (Å²) in [4.78, 5) is 5.65. The van der Waals surface area contributed by atoms with Crippen LogP contribution in [0.3, 0.4) is 0 Å². The van der Waals surface area contributed by atoms with E-state index in [2.05, 4.69) is 28.6 Å². The van der Waals surface area contributed by atoms with Crippen molar-refractivity contribution in [2.75, 3.05) is 33.4 Å². The number of nitrogens with one attached hydrogen (secondary N) is 2. The summed E-state index contributed by atoms with van der Waals surface area (Å²) in [5.41, 5.74) is 0.369. The van der Waals surface area contributed by atoms with Crippen LogP contribution >= 0.6 is 22.9 Å². The second kappa shape index (κ2) is 10.3. The number of ether oxygens (including phenoxy) is 1. The maximum Gasteiger partial charge on any atom is 0.191 e. The van der Waals surface area contributed by atoms with Crippen molar-refractivity contribution in [1.29, 1.82) is 0 Å². The smallest absolute Gasteiger partial charge is 0.191 e. The topological polar surface area (TPSA) is 45.6 Å². The van der Waals surface area contributed by atoms with Crippen LogP contribution in [0.4, 0.5) is 0 Å². The van der Waals surface area contributed by atoms with Gasteiger partial charge in [-0.2, -0.15) is 0 Å². The highest BCUT2D eigenvalue weighted by atomic mass is 35.5. The molecule has 0 amide bonds. The fourth-order valence-electron chi connectivity index (χ4n) is 3.36. The number of rotatable bonds is 9. The maximum atomic E-state index is 5.97. The molecule has 0 unspecified atom stereocenters. The van der Waals surface area contributed by atoms with E-state index in [9.17, 15) is 0 Å². The average molecular weight is 372 g/mol. The Kier molecular flexibility index (Phi) is 8.36. The van der Waals surface area contributed by atoms with E-state index in [0.29, 0.717) is 5.41 Å². The van der Waals surface area contributed by atoms with Crippen LogP contribution in [-0.2, 0) is 11.2 Å². The molecule has 2 N–H and O–H groups in total. The molecule has 1 heterocycles. The second-order valence-corrected chi connectivity index (χ2v) is 8.26. The molecule has 1 aromatic heterocycles. The second-order valence-electron chi connectivity index (χ2n) is 6.46. The largest absolute Gasteiger partial charge is 0.382 e. The van der Waals surface area contributed by atoms with Gasteiger partial charge >= 0.3 is 0 Å². The first kappa shape index (κ1) is 19.5. The van der Waals surface area contributed by atoms with Gasteiger partial charge in [0.25, 0.3) is 0 Å². The summed E-state index contributed by atoms with van der Waals surface area (Å²) in [6.45, 7) is 5.57. The molecule has 0 spiro atoms. The minimum absolute atomic E-state index is 0.369. The Hall–Kier alpha value is -0.780. The predicted octanol–water partition coefficient (Wildman–Crippen LogP) is 4.10. The molecule has 2 rings (SSSR count). The maximum absolute atomic E-state index is 5.97. The summed E-state index contributed by atoms with van der Waals surface area (Å²) in [7, 11) is 1.83. The number of nitrogens with zero attached hydrogens (tertiary/aromatic N) is 1. The summed E-state index contributed by atoms with van der Waals surface area (Å²) in [5.74, 6) is 0.889. The number of guanidine groups is 1. The van der Waals surface area contributed by atoms with E-state index in [-0.39, 0.29) is 0 Å². The molecule has 1 saturated carbocycles. The van der Waals surface area contributed by atoms with E-state index in [1.807, 2.05) is 13.1 Å². The van der Waals surface area contributed by atoms with Crippen LogP contribution in [0, 0.1) is 5.41 Å². The van der Waals surface area contributed by atoms with Gasteiger partial charge in [-0.1, -0.05) is 24.4 Å². The lowest BCUT2D eigenvalue weighted by atomic mass is 9.83. The van der Waals surface area contributed by atoms with Gasteiger partial charge in [0.2, 0.25) is 0 Å². The average Bonchev–Trinajstić information content (AvgIpc) is 3.21. The SMILES string of the molecule is CCOCCC1(CNC(=NC)NCCc2ccc(Cl)s2)CCCC1. The van der Waals surface area contributed by atoms with Crippen LogP contribution in [0.25, 0.3) is 0 Å². The highest BCUT2D eigenvalue weighted by Crippen LogP contribution is 2.40. The van der Waals surface area contributed by atoms with Gasteiger partial charge in [-0.25, -0.2) is 0 Å². The molecule has 6 heteroatoms. The van der Waals surface area contributed by atoms with Gasteiger partial charge in [-0.05, 0) is 50.2 Å². The van der Waals surface area contributed by atoms with Crippen LogP contribution in [0.1, 0.15) is 43.9 Å². The quantitative estimate of drug-likeness (QED) is 0.390. The van der Waals surface area contributed by atoms with E-state index in [1.165, 1.54) is 30.6 Å². The predicted molar refractivity (Wildman–Crippen MR) is 104 cm³/mol. The molecule has 0 bridgehead atoms. The van der Waals surface area contributed by atoms with E-state index >= 15 is 0 Å². The lowest BCUT2D eigenvalue weighted by Gasteiger charge is -2.30. The van der Waals surface area contributed by atoms with E-state index in [4.69, 9.17) is 16.3 Å². The monoisotopic (exact) mass is 371 g/mol. The van der Waals surface area contributed by atoms with Gasteiger partial charge in [0.15, 0.2) is 5.96 Å². The van der Waals surface area contributed by atoms with Crippen LogP contribution in [0.5, 0.6) is 0 Å². The molecule has 136 valence electrons. The van der Waals surface area contributed by atoms with Crippen LogP contribution in [0.2, 0.25) is 4.34 Å². The van der Waals surface area contributed by atoms with E-state index in [1.54, 1.807) is 11.3 Å². The fourth-order valence-corrected chi connectivity index (χ4v) is 4.44. The fraction of sp³-hybridized carbons (Fsp3) is 0.722. The summed E-state index contributed by atoms with van der Waals surface area (Å²) in [5, 5.41) is 6.94. The molecule has 0 aromatic carbocycles. The first-order valence-corrected chi connectivity index (χ1v) is 10.1. The normalized spacial score (nSPS) is 17.2. The molecule has 0 radical (unpaired) electrons. The molecule has 0 atom stereocenters. The number of hydrogen-bond donors (Lipinski definition) is 2. The Morgan fingerprint density at radius 1 is 1.33 bits per heavy atom. The van der Waals surface area contributed by atoms with E-state index < -0.39 is 0 Å². The minimum atomic E-state index is 0.369. The van der Waals surface area contributed by atoms with Crippen LogP contribution < -0.4 is 10.6 Å².